The van der Waals surface area contributed by atoms with Gasteiger partial charge >= 0.3 is 0 Å². The second kappa shape index (κ2) is 5.50. The molecule has 2 nitrogen and oxygen atoms in total. The van der Waals surface area contributed by atoms with Crippen molar-refractivity contribution in [1.82, 2.24) is 5.32 Å². The number of halogens is 1. The number of fused-ring (bicyclic) bond motifs is 2. The Hall–Kier alpha value is -1.12. The van der Waals surface area contributed by atoms with Gasteiger partial charge in [0.2, 0.25) is 0 Å². The van der Waals surface area contributed by atoms with E-state index in [9.17, 15) is 0 Å². The van der Waals surface area contributed by atoms with Crippen molar-refractivity contribution < 1.29 is 0 Å². The molecule has 0 aromatic rings. The van der Waals surface area contributed by atoms with Crippen LogP contribution in [-0.4, -0.2) is 16.9 Å². The van der Waals surface area contributed by atoms with Gasteiger partial charge in [-0.05, 0) is 56.1 Å². The summed E-state index contributed by atoms with van der Waals surface area (Å²) in [5.74, 6) is 0.769. The van der Waals surface area contributed by atoms with Gasteiger partial charge in [-0.3, -0.25) is 10.3 Å². The number of nitrogens with one attached hydrogen (secondary N) is 1. The predicted molar refractivity (Wildman–Crippen MR) is 93.1 cm³/mol. The normalized spacial score (nSPS) is 40.3. The van der Waals surface area contributed by atoms with Crippen LogP contribution in [0, 0.1) is 11.8 Å². The molecule has 0 aromatic carbocycles. The lowest BCUT2D eigenvalue weighted by atomic mass is 9.65. The fourth-order valence-electron chi connectivity index (χ4n) is 4.40. The van der Waals surface area contributed by atoms with Crippen LogP contribution < -0.4 is 5.32 Å². The fourth-order valence-corrected chi connectivity index (χ4v) is 4.74. The molecule has 1 aliphatic heterocycles. The molecule has 0 radical (unpaired) electrons. The average Bonchev–Trinajstić information content (AvgIpc) is 2.55. The lowest BCUT2D eigenvalue weighted by Crippen LogP contribution is -2.61. The van der Waals surface area contributed by atoms with E-state index < -0.39 is 0 Å². The molecular formula is C19H23ClN2. The number of alkyl halides is 1. The number of hydrogen-bond donors (Lipinski definition) is 1. The van der Waals surface area contributed by atoms with Crippen LogP contribution in [0.25, 0.3) is 0 Å². The molecule has 1 heterocycles. The van der Waals surface area contributed by atoms with Crippen LogP contribution in [0.15, 0.2) is 52.6 Å². The quantitative estimate of drug-likeness (QED) is 0.559. The Balaban J connectivity index is 1.75. The topological polar surface area (TPSA) is 24.4 Å². The first kappa shape index (κ1) is 14.5. The van der Waals surface area contributed by atoms with Gasteiger partial charge in [-0.2, -0.15) is 0 Å². The molecule has 1 unspecified atom stereocenters. The van der Waals surface area contributed by atoms with Gasteiger partial charge in [0.05, 0.1) is 5.71 Å². The first-order valence-electron chi connectivity index (χ1n) is 8.42. The van der Waals surface area contributed by atoms with Crippen LogP contribution in [0.3, 0.4) is 0 Å². The minimum Gasteiger partial charge on any atom is -0.276 e. The molecule has 0 spiro atoms. The maximum atomic E-state index is 6.48. The smallest absolute Gasteiger partial charge is 0.176 e. The van der Waals surface area contributed by atoms with E-state index in [-0.39, 0.29) is 11.2 Å². The zero-order chi connectivity index (χ0) is 15.2. The molecule has 0 saturated carbocycles. The van der Waals surface area contributed by atoms with E-state index in [2.05, 4.69) is 48.7 Å². The highest BCUT2D eigenvalue weighted by molar-refractivity contribution is 6.22. The summed E-state index contributed by atoms with van der Waals surface area (Å²) in [4.78, 5) is 4.80. The van der Waals surface area contributed by atoms with Crippen molar-refractivity contribution in [2.24, 2.45) is 16.8 Å². The third-order valence-electron chi connectivity index (χ3n) is 5.68. The second-order valence-corrected chi connectivity index (χ2v) is 7.39. The standard InChI is InChI=1S/C19H23ClN2/c1-19(14-8-3-2-4-9-14)16-12-11-13-7-5-6-10-15(13)17(16)21-18(20)22-19/h2-4,8,11-12,14,16,18,22H,5-7,9-10H2,1H3/t14-,16?,18-,19-/m0/s1. The number of rotatable bonds is 1. The second-order valence-electron chi connectivity index (χ2n) is 6.98. The number of hydrogen-bond acceptors (Lipinski definition) is 2. The summed E-state index contributed by atoms with van der Waals surface area (Å²) in [5, 5.41) is 3.58. The van der Waals surface area contributed by atoms with Crippen LogP contribution in [0.2, 0.25) is 0 Å². The lowest BCUT2D eigenvalue weighted by Gasteiger charge is -2.48. The highest BCUT2D eigenvalue weighted by Crippen LogP contribution is 2.43. The fraction of sp³-hybridized carbons (Fsp3) is 0.526. The zero-order valence-corrected chi connectivity index (χ0v) is 13.8. The van der Waals surface area contributed by atoms with Gasteiger partial charge in [-0.15, -0.1) is 0 Å². The Morgan fingerprint density at radius 3 is 2.91 bits per heavy atom. The van der Waals surface area contributed by atoms with Crippen molar-refractivity contribution in [3.8, 4) is 0 Å². The number of aliphatic imine (C=N–C) groups is 1. The van der Waals surface area contributed by atoms with Crippen LogP contribution >= 0.6 is 11.6 Å². The van der Waals surface area contributed by atoms with Crippen molar-refractivity contribution in [2.75, 3.05) is 0 Å². The summed E-state index contributed by atoms with van der Waals surface area (Å²) in [6.45, 7) is 2.31. The van der Waals surface area contributed by atoms with Crippen LogP contribution in [0.1, 0.15) is 39.0 Å². The summed E-state index contributed by atoms with van der Waals surface area (Å²) < 4.78 is 0. The van der Waals surface area contributed by atoms with Gasteiger partial charge in [-0.1, -0.05) is 48.1 Å². The first-order chi connectivity index (χ1) is 10.7. The summed E-state index contributed by atoms with van der Waals surface area (Å²) >= 11 is 6.48. The molecule has 3 heteroatoms. The molecule has 0 bridgehead atoms. The Labute approximate surface area is 137 Å². The monoisotopic (exact) mass is 314 g/mol. The van der Waals surface area contributed by atoms with E-state index in [0.717, 1.165) is 12.8 Å². The van der Waals surface area contributed by atoms with Gasteiger partial charge in [0, 0.05) is 11.5 Å². The largest absolute Gasteiger partial charge is 0.276 e. The molecule has 0 amide bonds. The SMILES string of the molecule is C[C@@]1([C@H]2C=CC=CC2)N[C@@H](Cl)N=C2C3=C(C=CC21)CCCC3. The molecule has 4 atom stereocenters. The molecule has 3 aliphatic carbocycles. The molecule has 116 valence electrons. The highest BCUT2D eigenvalue weighted by atomic mass is 35.5. The Morgan fingerprint density at radius 2 is 2.09 bits per heavy atom. The zero-order valence-electron chi connectivity index (χ0n) is 13.1. The van der Waals surface area contributed by atoms with Crippen molar-refractivity contribution in [1.29, 1.82) is 0 Å². The van der Waals surface area contributed by atoms with E-state index in [0.29, 0.717) is 11.8 Å². The Bertz CT molecular complexity index is 625. The molecule has 1 N–H and O–H groups in total. The summed E-state index contributed by atoms with van der Waals surface area (Å²) in [7, 11) is 0. The van der Waals surface area contributed by atoms with Gasteiger partial charge in [0.1, 0.15) is 0 Å². The van der Waals surface area contributed by atoms with Crippen molar-refractivity contribution in [2.45, 2.75) is 50.2 Å². The molecule has 0 fully saturated rings. The lowest BCUT2D eigenvalue weighted by molar-refractivity contribution is 0.220. The molecular weight excluding hydrogens is 292 g/mol. The minimum atomic E-state index is -0.322. The summed E-state index contributed by atoms with van der Waals surface area (Å²) in [6, 6.07) is 0. The number of allylic oxidation sites excluding steroid dienone is 6. The van der Waals surface area contributed by atoms with Gasteiger partial charge < -0.3 is 0 Å². The van der Waals surface area contributed by atoms with Gasteiger partial charge in [0.15, 0.2) is 5.62 Å². The molecule has 4 rings (SSSR count). The third kappa shape index (κ3) is 2.24. The third-order valence-corrected chi connectivity index (χ3v) is 5.89. The van der Waals surface area contributed by atoms with E-state index >= 15 is 0 Å². The van der Waals surface area contributed by atoms with Crippen LogP contribution in [0.4, 0.5) is 0 Å². The van der Waals surface area contributed by atoms with Crippen molar-refractivity contribution >= 4 is 17.3 Å². The maximum Gasteiger partial charge on any atom is 0.176 e. The first-order valence-corrected chi connectivity index (χ1v) is 8.85. The van der Waals surface area contributed by atoms with Crippen molar-refractivity contribution in [3.63, 3.8) is 0 Å². The molecule has 4 aliphatic rings. The Morgan fingerprint density at radius 1 is 1.23 bits per heavy atom. The number of nitrogens with zero attached hydrogens (tertiary/aromatic N) is 1. The highest BCUT2D eigenvalue weighted by Gasteiger charge is 2.47. The van der Waals surface area contributed by atoms with Crippen molar-refractivity contribution in [3.05, 3.63) is 47.6 Å². The van der Waals surface area contributed by atoms with Crippen LogP contribution in [-0.2, 0) is 0 Å². The molecule has 0 saturated heterocycles. The van der Waals surface area contributed by atoms with E-state index in [1.54, 1.807) is 0 Å². The predicted octanol–water partition coefficient (Wildman–Crippen LogP) is 4.50. The maximum absolute atomic E-state index is 6.48. The molecule has 0 aromatic heterocycles. The van der Waals surface area contributed by atoms with Gasteiger partial charge in [0.25, 0.3) is 0 Å². The van der Waals surface area contributed by atoms with Gasteiger partial charge in [-0.25, -0.2) is 0 Å². The molecule has 22 heavy (non-hydrogen) atoms. The Kier molecular flexibility index (Phi) is 3.62. The van der Waals surface area contributed by atoms with E-state index in [1.807, 2.05) is 0 Å². The van der Waals surface area contributed by atoms with E-state index in [4.69, 9.17) is 16.6 Å². The van der Waals surface area contributed by atoms with E-state index in [1.165, 1.54) is 36.1 Å². The van der Waals surface area contributed by atoms with Crippen LogP contribution in [0.5, 0.6) is 0 Å². The summed E-state index contributed by atoms with van der Waals surface area (Å²) in [5.41, 5.74) is 3.83. The average molecular weight is 315 g/mol. The minimum absolute atomic E-state index is 0.0722. The summed E-state index contributed by atoms with van der Waals surface area (Å²) in [6.07, 6.45) is 19.6.